The Labute approximate surface area is 111 Å². The first-order valence-electron chi connectivity index (χ1n) is 6.46. The first-order chi connectivity index (χ1) is 9.29. The van der Waals surface area contributed by atoms with Crippen LogP contribution in [0.1, 0.15) is 11.1 Å². The van der Waals surface area contributed by atoms with Crippen molar-refractivity contribution in [1.29, 1.82) is 0 Å². The van der Waals surface area contributed by atoms with Crippen LogP contribution >= 0.6 is 0 Å². The molecule has 0 heterocycles. The summed E-state index contributed by atoms with van der Waals surface area (Å²) in [5.41, 5.74) is 2.30. The number of hydrogen-bond acceptors (Lipinski definition) is 1. The fourth-order valence-electron chi connectivity index (χ4n) is 2.79. The van der Waals surface area contributed by atoms with E-state index >= 15 is 0 Å². The maximum Gasteiger partial charge on any atom is 0.160 e. The lowest BCUT2D eigenvalue weighted by Gasteiger charge is -2.12. The van der Waals surface area contributed by atoms with Gasteiger partial charge in [-0.25, -0.2) is 0 Å². The highest BCUT2D eigenvalue weighted by atomic mass is 16.1. The third-order valence-electron chi connectivity index (χ3n) is 3.78. The molecule has 0 amide bonds. The molecule has 19 heavy (non-hydrogen) atoms. The third kappa shape index (κ3) is 1.66. The molecule has 90 valence electrons. The topological polar surface area (TPSA) is 17.1 Å². The van der Waals surface area contributed by atoms with Crippen LogP contribution in [0.5, 0.6) is 0 Å². The zero-order chi connectivity index (χ0) is 12.8. The van der Waals surface area contributed by atoms with Crippen LogP contribution in [0, 0.1) is 0 Å². The molecule has 3 aromatic rings. The Balaban J connectivity index is 2.06. The van der Waals surface area contributed by atoms with E-state index in [2.05, 4.69) is 48.5 Å². The number of carbonyl (C=O) groups excluding carboxylic acids is 1. The van der Waals surface area contributed by atoms with Crippen molar-refractivity contribution in [2.75, 3.05) is 0 Å². The molecule has 0 N–H and O–H groups in total. The van der Waals surface area contributed by atoms with Crippen molar-refractivity contribution in [3.63, 3.8) is 0 Å². The van der Waals surface area contributed by atoms with Crippen molar-refractivity contribution < 1.29 is 4.79 Å². The molecule has 0 atom stereocenters. The molecule has 0 spiro atoms. The molecular formula is C18H12O. The standard InChI is InChI=1S/C18H12O/c19-18-6-5-14-9-15-7-12-3-1-2-4-13(12)8-16(15)10-17(14)11-18/h1-10H,11H2. The van der Waals surface area contributed by atoms with E-state index in [4.69, 9.17) is 0 Å². The van der Waals surface area contributed by atoms with Crippen LogP contribution in [-0.4, -0.2) is 5.78 Å². The summed E-state index contributed by atoms with van der Waals surface area (Å²) < 4.78 is 0. The lowest BCUT2D eigenvalue weighted by Crippen LogP contribution is -2.04. The van der Waals surface area contributed by atoms with E-state index in [-0.39, 0.29) is 5.78 Å². The van der Waals surface area contributed by atoms with Crippen molar-refractivity contribution in [1.82, 2.24) is 0 Å². The van der Waals surface area contributed by atoms with Gasteiger partial charge in [-0.15, -0.1) is 0 Å². The minimum Gasteiger partial charge on any atom is -0.294 e. The maximum atomic E-state index is 11.5. The Hall–Kier alpha value is -2.41. The first kappa shape index (κ1) is 10.5. The number of carbonyl (C=O) groups is 1. The van der Waals surface area contributed by atoms with Gasteiger partial charge in [-0.3, -0.25) is 4.79 Å². The summed E-state index contributed by atoms with van der Waals surface area (Å²) in [7, 11) is 0. The Morgan fingerprint density at radius 1 is 0.737 bits per heavy atom. The average molecular weight is 244 g/mol. The van der Waals surface area contributed by atoms with Crippen LogP contribution in [0.25, 0.3) is 27.6 Å². The fourth-order valence-corrected chi connectivity index (χ4v) is 2.79. The van der Waals surface area contributed by atoms with E-state index in [0.29, 0.717) is 6.42 Å². The molecule has 0 radical (unpaired) electrons. The van der Waals surface area contributed by atoms with Crippen molar-refractivity contribution in [2.45, 2.75) is 6.42 Å². The molecule has 0 fully saturated rings. The quantitative estimate of drug-likeness (QED) is 0.543. The third-order valence-corrected chi connectivity index (χ3v) is 3.78. The zero-order valence-electron chi connectivity index (χ0n) is 10.4. The van der Waals surface area contributed by atoms with Gasteiger partial charge in [0.1, 0.15) is 0 Å². The number of ketones is 1. The Morgan fingerprint density at radius 2 is 1.42 bits per heavy atom. The van der Waals surface area contributed by atoms with Gasteiger partial charge < -0.3 is 0 Å². The molecule has 0 unspecified atom stereocenters. The molecule has 1 aliphatic carbocycles. The highest BCUT2D eigenvalue weighted by Crippen LogP contribution is 2.28. The molecule has 0 saturated carbocycles. The van der Waals surface area contributed by atoms with Gasteiger partial charge in [0.25, 0.3) is 0 Å². The average Bonchev–Trinajstić information content (AvgIpc) is 2.43. The van der Waals surface area contributed by atoms with E-state index in [1.807, 2.05) is 6.08 Å². The van der Waals surface area contributed by atoms with E-state index in [1.54, 1.807) is 6.08 Å². The summed E-state index contributed by atoms with van der Waals surface area (Å²) in [5.74, 6) is 0.188. The second-order valence-corrected chi connectivity index (χ2v) is 5.07. The molecule has 1 nitrogen and oxygen atoms in total. The molecule has 1 aliphatic rings. The van der Waals surface area contributed by atoms with Gasteiger partial charge >= 0.3 is 0 Å². The van der Waals surface area contributed by atoms with Crippen LogP contribution < -0.4 is 0 Å². The van der Waals surface area contributed by atoms with Crippen molar-refractivity contribution >= 4 is 33.4 Å². The molecule has 3 aromatic carbocycles. The highest BCUT2D eigenvalue weighted by Gasteiger charge is 2.11. The second-order valence-electron chi connectivity index (χ2n) is 5.07. The van der Waals surface area contributed by atoms with Crippen molar-refractivity contribution in [3.05, 3.63) is 65.7 Å². The lowest BCUT2D eigenvalue weighted by atomic mass is 9.92. The number of benzene rings is 3. The minimum atomic E-state index is 0.188. The van der Waals surface area contributed by atoms with Crippen LogP contribution in [0.3, 0.4) is 0 Å². The zero-order valence-corrected chi connectivity index (χ0v) is 10.4. The predicted molar refractivity (Wildman–Crippen MR) is 79.2 cm³/mol. The lowest BCUT2D eigenvalue weighted by molar-refractivity contribution is -0.114. The number of fused-ring (bicyclic) bond motifs is 3. The minimum absolute atomic E-state index is 0.188. The van der Waals surface area contributed by atoms with E-state index < -0.39 is 0 Å². The van der Waals surface area contributed by atoms with Gasteiger partial charge in [-0.05, 0) is 56.9 Å². The van der Waals surface area contributed by atoms with E-state index in [1.165, 1.54) is 27.1 Å². The summed E-state index contributed by atoms with van der Waals surface area (Å²) in [6.45, 7) is 0. The van der Waals surface area contributed by atoms with Gasteiger partial charge in [0, 0.05) is 6.42 Å². The Kier molecular flexibility index (Phi) is 2.10. The van der Waals surface area contributed by atoms with E-state index in [0.717, 1.165) is 5.56 Å². The van der Waals surface area contributed by atoms with Gasteiger partial charge in [0.05, 0.1) is 0 Å². The SMILES string of the molecule is O=C1C=Cc2cc3cc4ccccc4cc3cc2C1. The second kappa shape index (κ2) is 3.79. The summed E-state index contributed by atoms with van der Waals surface area (Å²) in [6.07, 6.45) is 4.12. The Morgan fingerprint density at radius 3 is 2.16 bits per heavy atom. The largest absolute Gasteiger partial charge is 0.294 e. The highest BCUT2D eigenvalue weighted by molar-refractivity contribution is 6.03. The molecule has 4 rings (SSSR count). The maximum absolute atomic E-state index is 11.5. The van der Waals surface area contributed by atoms with Crippen molar-refractivity contribution in [2.24, 2.45) is 0 Å². The first-order valence-corrected chi connectivity index (χ1v) is 6.46. The molecule has 0 bridgehead atoms. The number of allylic oxidation sites excluding steroid dienone is 1. The smallest absolute Gasteiger partial charge is 0.160 e. The van der Waals surface area contributed by atoms with Crippen LogP contribution in [0.2, 0.25) is 0 Å². The summed E-state index contributed by atoms with van der Waals surface area (Å²) in [6, 6.07) is 17.1. The summed E-state index contributed by atoms with van der Waals surface area (Å²) in [5, 5.41) is 4.94. The van der Waals surface area contributed by atoms with Gasteiger partial charge in [-0.1, -0.05) is 36.4 Å². The number of hydrogen-bond donors (Lipinski definition) is 0. The van der Waals surface area contributed by atoms with Crippen molar-refractivity contribution in [3.8, 4) is 0 Å². The summed E-state index contributed by atoms with van der Waals surface area (Å²) >= 11 is 0. The molecule has 0 aliphatic heterocycles. The van der Waals surface area contributed by atoms with Gasteiger partial charge in [0.15, 0.2) is 5.78 Å². The van der Waals surface area contributed by atoms with Gasteiger partial charge in [-0.2, -0.15) is 0 Å². The molecule has 0 aromatic heterocycles. The monoisotopic (exact) mass is 244 g/mol. The van der Waals surface area contributed by atoms with Crippen LogP contribution in [0.4, 0.5) is 0 Å². The molecular weight excluding hydrogens is 232 g/mol. The van der Waals surface area contributed by atoms with Crippen LogP contribution in [0.15, 0.2) is 54.6 Å². The number of rotatable bonds is 0. The molecule has 1 heteroatoms. The van der Waals surface area contributed by atoms with Gasteiger partial charge in [0.2, 0.25) is 0 Å². The molecule has 0 saturated heterocycles. The van der Waals surface area contributed by atoms with Crippen LogP contribution in [-0.2, 0) is 11.2 Å². The summed E-state index contributed by atoms with van der Waals surface area (Å²) in [4.78, 5) is 11.5. The van der Waals surface area contributed by atoms with E-state index in [9.17, 15) is 4.79 Å². The Bertz CT molecular complexity index is 856. The fraction of sp³-hybridized carbons (Fsp3) is 0.0556. The normalized spacial score (nSPS) is 14.0. The predicted octanol–water partition coefficient (Wildman–Crippen LogP) is 4.13.